The standard InChI is InChI=1S/C11H14N4/c1-2-4-9(5-3-1)10-7-15-8-13-14-11(15)6-12-10/h1-5,8,10-12,14H,6-7H2. The molecule has 0 radical (unpaired) electrons. The van der Waals surface area contributed by atoms with Gasteiger partial charge in [-0.3, -0.25) is 5.43 Å². The lowest BCUT2D eigenvalue weighted by Crippen LogP contribution is -2.53. The van der Waals surface area contributed by atoms with Crippen molar-refractivity contribution in [2.45, 2.75) is 12.2 Å². The maximum atomic E-state index is 4.07. The quantitative estimate of drug-likeness (QED) is 0.697. The van der Waals surface area contributed by atoms with Crippen molar-refractivity contribution in [2.75, 3.05) is 13.1 Å². The van der Waals surface area contributed by atoms with Crippen LogP contribution in [0, 0.1) is 0 Å². The van der Waals surface area contributed by atoms with Crippen molar-refractivity contribution in [3.63, 3.8) is 0 Å². The first kappa shape index (κ1) is 8.73. The Morgan fingerprint density at radius 1 is 1.27 bits per heavy atom. The Labute approximate surface area is 89.0 Å². The maximum Gasteiger partial charge on any atom is 0.128 e. The number of hydrogen-bond acceptors (Lipinski definition) is 4. The summed E-state index contributed by atoms with van der Waals surface area (Å²) >= 11 is 0. The highest BCUT2D eigenvalue weighted by molar-refractivity contribution is 5.57. The summed E-state index contributed by atoms with van der Waals surface area (Å²) in [5.41, 5.74) is 4.41. The number of fused-ring (bicyclic) bond motifs is 1. The summed E-state index contributed by atoms with van der Waals surface area (Å²) < 4.78 is 0. The Hall–Kier alpha value is -1.55. The number of piperazine rings is 1. The number of nitrogens with one attached hydrogen (secondary N) is 2. The van der Waals surface area contributed by atoms with Gasteiger partial charge in [-0.1, -0.05) is 30.3 Å². The van der Waals surface area contributed by atoms with E-state index in [-0.39, 0.29) is 0 Å². The number of rotatable bonds is 1. The van der Waals surface area contributed by atoms with Gasteiger partial charge in [-0.25, -0.2) is 0 Å². The van der Waals surface area contributed by atoms with Gasteiger partial charge in [0, 0.05) is 13.1 Å². The monoisotopic (exact) mass is 202 g/mol. The van der Waals surface area contributed by atoms with E-state index in [1.54, 1.807) is 0 Å². The molecule has 15 heavy (non-hydrogen) atoms. The van der Waals surface area contributed by atoms with Crippen LogP contribution in [0.4, 0.5) is 0 Å². The topological polar surface area (TPSA) is 39.7 Å². The Bertz CT molecular complexity index is 362. The molecule has 0 saturated carbocycles. The zero-order valence-corrected chi connectivity index (χ0v) is 8.43. The van der Waals surface area contributed by atoms with Crippen molar-refractivity contribution in [3.05, 3.63) is 35.9 Å². The fourth-order valence-electron chi connectivity index (χ4n) is 2.12. The molecule has 1 fully saturated rings. The van der Waals surface area contributed by atoms with E-state index in [9.17, 15) is 0 Å². The summed E-state index contributed by atoms with van der Waals surface area (Å²) in [7, 11) is 0. The number of benzene rings is 1. The third-order valence-electron chi connectivity index (χ3n) is 2.98. The first-order valence-electron chi connectivity index (χ1n) is 5.26. The van der Waals surface area contributed by atoms with Crippen molar-refractivity contribution in [1.29, 1.82) is 0 Å². The summed E-state index contributed by atoms with van der Waals surface area (Å²) in [6.07, 6.45) is 2.23. The Kier molecular flexibility index (Phi) is 2.07. The zero-order valence-electron chi connectivity index (χ0n) is 8.43. The highest BCUT2D eigenvalue weighted by Gasteiger charge is 2.28. The minimum Gasteiger partial charge on any atom is -0.337 e. The van der Waals surface area contributed by atoms with E-state index >= 15 is 0 Å². The third-order valence-corrected chi connectivity index (χ3v) is 2.98. The van der Waals surface area contributed by atoms with Gasteiger partial charge < -0.3 is 10.2 Å². The molecule has 0 aromatic heterocycles. The summed E-state index contributed by atoms with van der Waals surface area (Å²) in [6.45, 7) is 1.91. The lowest BCUT2D eigenvalue weighted by Gasteiger charge is -2.35. The molecule has 2 aliphatic heterocycles. The molecule has 1 saturated heterocycles. The van der Waals surface area contributed by atoms with Crippen LogP contribution in [0.1, 0.15) is 11.6 Å². The fraction of sp³-hybridized carbons (Fsp3) is 0.364. The second kappa shape index (κ2) is 3.55. The molecule has 2 aliphatic rings. The Balaban J connectivity index is 1.76. The van der Waals surface area contributed by atoms with E-state index in [2.05, 4.69) is 45.0 Å². The van der Waals surface area contributed by atoms with Crippen LogP contribution in [0.2, 0.25) is 0 Å². The minimum absolute atomic E-state index is 0.338. The van der Waals surface area contributed by atoms with Crippen molar-refractivity contribution >= 4 is 6.34 Å². The molecule has 2 unspecified atom stereocenters. The van der Waals surface area contributed by atoms with Gasteiger partial charge in [-0.05, 0) is 5.56 Å². The van der Waals surface area contributed by atoms with Crippen molar-refractivity contribution in [1.82, 2.24) is 15.6 Å². The summed E-state index contributed by atoms with van der Waals surface area (Å²) in [5, 5.41) is 7.59. The first-order valence-corrected chi connectivity index (χ1v) is 5.26. The predicted octanol–water partition coefficient (Wildman–Crippen LogP) is 0.505. The van der Waals surface area contributed by atoms with Crippen LogP contribution < -0.4 is 10.7 Å². The lowest BCUT2D eigenvalue weighted by atomic mass is 10.0. The largest absolute Gasteiger partial charge is 0.337 e. The average Bonchev–Trinajstić information content (AvgIpc) is 2.77. The molecule has 2 N–H and O–H groups in total. The molecule has 4 heteroatoms. The Morgan fingerprint density at radius 2 is 2.13 bits per heavy atom. The number of hydrogen-bond donors (Lipinski definition) is 2. The highest BCUT2D eigenvalue weighted by atomic mass is 15.5. The molecule has 0 aliphatic carbocycles. The number of hydrazone groups is 1. The maximum absolute atomic E-state index is 4.07. The molecule has 78 valence electrons. The van der Waals surface area contributed by atoms with Gasteiger partial charge in [-0.15, -0.1) is 0 Å². The van der Waals surface area contributed by atoms with E-state index in [0.717, 1.165) is 13.1 Å². The van der Waals surface area contributed by atoms with Gasteiger partial charge in [0.05, 0.1) is 6.04 Å². The van der Waals surface area contributed by atoms with Crippen LogP contribution in [-0.2, 0) is 0 Å². The molecule has 1 aromatic rings. The predicted molar refractivity (Wildman–Crippen MR) is 59.3 cm³/mol. The fourth-order valence-corrected chi connectivity index (χ4v) is 2.12. The van der Waals surface area contributed by atoms with E-state index in [1.165, 1.54) is 5.56 Å². The van der Waals surface area contributed by atoms with E-state index in [0.29, 0.717) is 12.2 Å². The van der Waals surface area contributed by atoms with E-state index < -0.39 is 0 Å². The smallest absolute Gasteiger partial charge is 0.128 e. The summed E-state index contributed by atoms with van der Waals surface area (Å²) in [5.74, 6) is 0. The highest BCUT2D eigenvalue weighted by Crippen LogP contribution is 2.19. The molecular weight excluding hydrogens is 188 g/mol. The van der Waals surface area contributed by atoms with E-state index in [1.807, 2.05) is 12.4 Å². The molecule has 4 nitrogen and oxygen atoms in total. The SMILES string of the molecule is C1=NNC2CNC(c3ccccc3)CN12. The van der Waals surface area contributed by atoms with Crippen molar-refractivity contribution in [2.24, 2.45) is 5.10 Å². The van der Waals surface area contributed by atoms with Gasteiger partial charge in [0.1, 0.15) is 12.5 Å². The van der Waals surface area contributed by atoms with Gasteiger partial charge in [0.25, 0.3) is 0 Å². The number of nitrogens with zero attached hydrogens (tertiary/aromatic N) is 2. The van der Waals surface area contributed by atoms with Crippen molar-refractivity contribution in [3.8, 4) is 0 Å². The molecule has 2 heterocycles. The van der Waals surface area contributed by atoms with Gasteiger partial charge in [0.15, 0.2) is 0 Å². The summed E-state index contributed by atoms with van der Waals surface area (Å²) in [6, 6.07) is 11.0. The molecule has 2 atom stereocenters. The van der Waals surface area contributed by atoms with Crippen molar-refractivity contribution < 1.29 is 0 Å². The van der Waals surface area contributed by atoms with Crippen LogP contribution in [0.25, 0.3) is 0 Å². The van der Waals surface area contributed by atoms with Gasteiger partial charge >= 0.3 is 0 Å². The molecule has 0 bridgehead atoms. The van der Waals surface area contributed by atoms with Gasteiger partial charge in [-0.2, -0.15) is 5.10 Å². The van der Waals surface area contributed by atoms with E-state index in [4.69, 9.17) is 0 Å². The van der Waals surface area contributed by atoms with Crippen LogP contribution in [0.3, 0.4) is 0 Å². The molecule has 1 aromatic carbocycles. The van der Waals surface area contributed by atoms with Crippen LogP contribution in [-0.4, -0.2) is 30.5 Å². The third kappa shape index (κ3) is 1.57. The zero-order chi connectivity index (χ0) is 10.1. The molecule has 0 spiro atoms. The second-order valence-electron chi connectivity index (χ2n) is 3.96. The molecule has 0 amide bonds. The van der Waals surface area contributed by atoms with Crippen LogP contribution in [0.15, 0.2) is 35.4 Å². The second-order valence-corrected chi connectivity index (χ2v) is 3.96. The lowest BCUT2D eigenvalue weighted by molar-refractivity contribution is 0.212. The van der Waals surface area contributed by atoms with Gasteiger partial charge in [0.2, 0.25) is 0 Å². The molecular formula is C11H14N4. The minimum atomic E-state index is 0.338. The first-order chi connectivity index (χ1) is 7.43. The van der Waals surface area contributed by atoms with Crippen LogP contribution in [0.5, 0.6) is 0 Å². The average molecular weight is 202 g/mol. The van der Waals surface area contributed by atoms with Crippen LogP contribution >= 0.6 is 0 Å². The molecule has 3 rings (SSSR count). The normalized spacial score (nSPS) is 28.7. The Morgan fingerprint density at radius 3 is 3.00 bits per heavy atom. The summed E-state index contributed by atoms with van der Waals surface area (Å²) in [4.78, 5) is 2.24.